The summed E-state index contributed by atoms with van der Waals surface area (Å²) in [5.74, 6) is 1.11. The number of likely N-dealkylation sites (N-methyl/N-ethyl adjacent to an activating group) is 1. The molecule has 0 fully saturated rings. The second-order valence-electron chi connectivity index (χ2n) is 3.82. The van der Waals surface area contributed by atoms with Gasteiger partial charge in [0, 0.05) is 12.5 Å². The minimum Gasteiger partial charge on any atom is -0.387 e. The number of rotatable bonds is 4. The summed E-state index contributed by atoms with van der Waals surface area (Å²) in [5, 5.41) is 0. The Bertz CT molecular complexity index is 150. The van der Waals surface area contributed by atoms with Crippen LogP contribution in [0.15, 0.2) is 4.99 Å². The normalized spacial score (nSPS) is 15.8. The molecule has 1 atom stereocenters. The van der Waals surface area contributed by atoms with E-state index in [9.17, 15) is 0 Å². The van der Waals surface area contributed by atoms with Gasteiger partial charge in [-0.15, -0.1) is 0 Å². The summed E-state index contributed by atoms with van der Waals surface area (Å²) in [6, 6.07) is 0.294. The van der Waals surface area contributed by atoms with E-state index >= 15 is 0 Å². The highest BCUT2D eigenvalue weighted by molar-refractivity contribution is 5.82. The van der Waals surface area contributed by atoms with Crippen LogP contribution in [0, 0.1) is 5.92 Å². The van der Waals surface area contributed by atoms with Gasteiger partial charge in [0.05, 0.1) is 11.9 Å². The summed E-state index contributed by atoms with van der Waals surface area (Å²) in [6.07, 6.45) is 0. The molecule has 3 nitrogen and oxygen atoms in total. The van der Waals surface area contributed by atoms with Gasteiger partial charge in [0.2, 0.25) is 0 Å². The Hall–Kier alpha value is -0.570. The lowest BCUT2D eigenvalue weighted by Crippen LogP contribution is -2.27. The van der Waals surface area contributed by atoms with Crippen molar-refractivity contribution in [3.05, 3.63) is 0 Å². The molecule has 0 aromatic carbocycles. The Morgan fingerprint density at radius 3 is 2.17 bits per heavy atom. The quantitative estimate of drug-likeness (QED) is 0.505. The highest BCUT2D eigenvalue weighted by Gasteiger charge is 2.04. The molecule has 3 heteroatoms. The first-order valence-corrected chi connectivity index (χ1v) is 4.41. The third-order valence-corrected chi connectivity index (χ3v) is 1.59. The Labute approximate surface area is 75.7 Å². The predicted octanol–water partition coefficient (Wildman–Crippen LogP) is 0.950. The molecule has 0 aliphatic rings. The monoisotopic (exact) mass is 171 g/mol. The molecule has 0 radical (unpaired) electrons. The Morgan fingerprint density at radius 2 is 1.83 bits per heavy atom. The highest BCUT2D eigenvalue weighted by Crippen LogP contribution is 1.97. The van der Waals surface area contributed by atoms with E-state index in [0.29, 0.717) is 12.0 Å². The van der Waals surface area contributed by atoms with Crippen LogP contribution < -0.4 is 5.73 Å². The van der Waals surface area contributed by atoms with E-state index in [1.54, 1.807) is 0 Å². The maximum absolute atomic E-state index is 5.72. The molecule has 0 saturated carbocycles. The fraction of sp³-hybridized carbons (Fsp3) is 0.889. The van der Waals surface area contributed by atoms with Gasteiger partial charge in [-0.2, -0.15) is 0 Å². The van der Waals surface area contributed by atoms with Gasteiger partial charge in [-0.05, 0) is 21.0 Å². The first-order valence-electron chi connectivity index (χ1n) is 4.41. The molecule has 72 valence electrons. The maximum atomic E-state index is 5.72. The van der Waals surface area contributed by atoms with E-state index in [0.717, 1.165) is 12.4 Å². The lowest BCUT2D eigenvalue weighted by molar-refractivity contribution is 0.383. The van der Waals surface area contributed by atoms with Gasteiger partial charge in [0.15, 0.2) is 0 Å². The van der Waals surface area contributed by atoms with Crippen molar-refractivity contribution < 1.29 is 0 Å². The van der Waals surface area contributed by atoms with Crippen LogP contribution in [0.1, 0.15) is 20.8 Å². The zero-order valence-electron chi connectivity index (χ0n) is 8.83. The summed E-state index contributed by atoms with van der Waals surface area (Å²) < 4.78 is 0. The molecule has 0 rings (SSSR count). The molecule has 1 unspecified atom stereocenters. The van der Waals surface area contributed by atoms with Crippen molar-refractivity contribution in [3.8, 4) is 0 Å². The molecule has 0 saturated heterocycles. The van der Waals surface area contributed by atoms with Gasteiger partial charge in [0.25, 0.3) is 0 Å². The predicted molar refractivity (Wildman–Crippen MR) is 54.5 cm³/mol. The van der Waals surface area contributed by atoms with Crippen molar-refractivity contribution in [1.29, 1.82) is 0 Å². The molecule has 2 N–H and O–H groups in total. The molecule has 0 aromatic heterocycles. The first-order chi connectivity index (χ1) is 5.43. The lowest BCUT2D eigenvalue weighted by Gasteiger charge is -2.14. The average molecular weight is 171 g/mol. The fourth-order valence-electron chi connectivity index (χ4n) is 0.973. The molecule has 0 heterocycles. The van der Waals surface area contributed by atoms with Crippen LogP contribution in [0.5, 0.6) is 0 Å². The van der Waals surface area contributed by atoms with Crippen molar-refractivity contribution in [3.63, 3.8) is 0 Å². The highest BCUT2D eigenvalue weighted by atomic mass is 15.1. The van der Waals surface area contributed by atoms with Crippen molar-refractivity contribution in [2.45, 2.75) is 26.8 Å². The van der Waals surface area contributed by atoms with Gasteiger partial charge in [0.1, 0.15) is 0 Å². The minimum absolute atomic E-state index is 0.294. The van der Waals surface area contributed by atoms with Crippen LogP contribution in [0.25, 0.3) is 0 Å². The molecule has 0 bridgehead atoms. The first kappa shape index (κ1) is 11.4. The standard InChI is InChI=1S/C9H21N3/c1-7(2)9(10)11-8(3)6-12(4)5/h7-8H,6H2,1-5H3,(H2,10,11). The topological polar surface area (TPSA) is 41.6 Å². The van der Waals surface area contributed by atoms with Crippen molar-refractivity contribution in [1.82, 2.24) is 4.90 Å². The summed E-state index contributed by atoms with van der Waals surface area (Å²) in [6.45, 7) is 7.14. The molecule has 0 amide bonds. The van der Waals surface area contributed by atoms with Crippen LogP contribution >= 0.6 is 0 Å². The molecule has 12 heavy (non-hydrogen) atoms. The summed E-state index contributed by atoms with van der Waals surface area (Å²) >= 11 is 0. The van der Waals surface area contributed by atoms with Gasteiger partial charge < -0.3 is 10.6 Å². The van der Waals surface area contributed by atoms with Gasteiger partial charge in [-0.1, -0.05) is 13.8 Å². The van der Waals surface area contributed by atoms with Crippen LogP contribution in [-0.2, 0) is 0 Å². The number of aliphatic imine (C=N–C) groups is 1. The number of hydrogen-bond donors (Lipinski definition) is 1. The Morgan fingerprint density at radius 1 is 1.33 bits per heavy atom. The third kappa shape index (κ3) is 5.13. The smallest absolute Gasteiger partial charge is 0.0966 e. The zero-order valence-corrected chi connectivity index (χ0v) is 8.83. The van der Waals surface area contributed by atoms with Crippen LogP contribution in [0.3, 0.4) is 0 Å². The zero-order chi connectivity index (χ0) is 9.72. The number of nitrogens with zero attached hydrogens (tertiary/aromatic N) is 2. The minimum atomic E-state index is 0.294. The van der Waals surface area contributed by atoms with Gasteiger partial charge >= 0.3 is 0 Å². The number of nitrogens with two attached hydrogens (primary N) is 1. The Kier molecular flexibility index (Phi) is 4.90. The second-order valence-corrected chi connectivity index (χ2v) is 3.82. The fourth-order valence-corrected chi connectivity index (χ4v) is 0.973. The largest absolute Gasteiger partial charge is 0.387 e. The van der Waals surface area contributed by atoms with E-state index in [-0.39, 0.29) is 0 Å². The molecular weight excluding hydrogens is 150 g/mol. The molecule has 0 aromatic rings. The Balaban J connectivity index is 3.96. The van der Waals surface area contributed by atoms with E-state index in [1.165, 1.54) is 0 Å². The van der Waals surface area contributed by atoms with E-state index in [1.807, 2.05) is 14.1 Å². The average Bonchev–Trinajstić information content (AvgIpc) is 1.84. The van der Waals surface area contributed by atoms with E-state index < -0.39 is 0 Å². The maximum Gasteiger partial charge on any atom is 0.0966 e. The second kappa shape index (κ2) is 5.14. The van der Waals surface area contributed by atoms with Gasteiger partial charge in [-0.25, -0.2) is 0 Å². The summed E-state index contributed by atoms with van der Waals surface area (Å²) in [7, 11) is 4.08. The SMILES string of the molecule is CC(CN(C)C)N=C(N)C(C)C. The van der Waals surface area contributed by atoms with Crippen LogP contribution in [0.4, 0.5) is 0 Å². The molecule has 0 aliphatic carbocycles. The van der Waals surface area contributed by atoms with E-state index in [4.69, 9.17) is 5.73 Å². The molecular formula is C9H21N3. The number of amidine groups is 1. The third-order valence-electron chi connectivity index (χ3n) is 1.59. The van der Waals surface area contributed by atoms with Crippen LogP contribution in [0.2, 0.25) is 0 Å². The van der Waals surface area contributed by atoms with Crippen molar-refractivity contribution in [2.24, 2.45) is 16.6 Å². The summed E-state index contributed by atoms with van der Waals surface area (Å²) in [5.41, 5.74) is 5.72. The molecule has 0 spiro atoms. The lowest BCUT2D eigenvalue weighted by atomic mass is 10.2. The molecule has 0 aliphatic heterocycles. The van der Waals surface area contributed by atoms with Crippen molar-refractivity contribution in [2.75, 3.05) is 20.6 Å². The van der Waals surface area contributed by atoms with E-state index in [2.05, 4.69) is 30.7 Å². The van der Waals surface area contributed by atoms with Gasteiger partial charge in [-0.3, -0.25) is 4.99 Å². The van der Waals surface area contributed by atoms with Crippen LogP contribution in [-0.4, -0.2) is 37.4 Å². The van der Waals surface area contributed by atoms with Crippen molar-refractivity contribution >= 4 is 5.84 Å². The summed E-state index contributed by atoms with van der Waals surface area (Å²) in [4.78, 5) is 6.48. The number of hydrogen-bond acceptors (Lipinski definition) is 2.